The fourth-order valence-electron chi connectivity index (χ4n) is 3.26. The zero-order valence-electron chi connectivity index (χ0n) is 15.9. The predicted molar refractivity (Wildman–Crippen MR) is 103 cm³/mol. The summed E-state index contributed by atoms with van der Waals surface area (Å²) in [6.45, 7) is 0.904. The summed E-state index contributed by atoms with van der Waals surface area (Å²) < 4.78 is 24.1. The molecule has 1 aliphatic rings. The third-order valence-electron chi connectivity index (χ3n) is 4.88. The molecule has 0 aromatic heterocycles. The Labute approximate surface area is 163 Å². The average Bonchev–Trinajstić information content (AvgIpc) is 2.74. The van der Waals surface area contributed by atoms with Gasteiger partial charge < -0.3 is 19.7 Å². The number of anilines is 1. The molecule has 0 saturated carbocycles. The van der Waals surface area contributed by atoms with Gasteiger partial charge in [0.2, 0.25) is 5.91 Å². The van der Waals surface area contributed by atoms with E-state index in [4.69, 9.17) is 9.47 Å². The summed E-state index contributed by atoms with van der Waals surface area (Å²) in [5, 5.41) is 2.64. The van der Waals surface area contributed by atoms with Gasteiger partial charge >= 0.3 is 0 Å². The summed E-state index contributed by atoms with van der Waals surface area (Å²) in [6.07, 6.45) is 1.04. The van der Waals surface area contributed by atoms with E-state index in [0.29, 0.717) is 43.0 Å². The second-order valence-corrected chi connectivity index (χ2v) is 6.64. The van der Waals surface area contributed by atoms with E-state index in [1.165, 1.54) is 26.4 Å². The van der Waals surface area contributed by atoms with Crippen LogP contribution in [0.2, 0.25) is 0 Å². The first-order valence-corrected chi connectivity index (χ1v) is 9.09. The van der Waals surface area contributed by atoms with Gasteiger partial charge in [-0.15, -0.1) is 0 Å². The molecule has 1 saturated heterocycles. The van der Waals surface area contributed by atoms with Gasteiger partial charge in [0.15, 0.2) is 0 Å². The van der Waals surface area contributed by atoms with Gasteiger partial charge in [-0.2, -0.15) is 0 Å². The number of nitrogens with zero attached hydrogens (tertiary/aromatic N) is 1. The Morgan fingerprint density at radius 1 is 1.04 bits per heavy atom. The van der Waals surface area contributed by atoms with Crippen LogP contribution in [0.15, 0.2) is 42.5 Å². The number of methoxy groups -OCH3 is 2. The van der Waals surface area contributed by atoms with E-state index in [1.54, 1.807) is 35.2 Å². The number of carbonyl (C=O) groups is 2. The molecule has 2 aromatic carbocycles. The van der Waals surface area contributed by atoms with Gasteiger partial charge in [-0.1, -0.05) is 12.1 Å². The molecule has 2 amide bonds. The average molecular weight is 386 g/mol. The van der Waals surface area contributed by atoms with Gasteiger partial charge in [-0.05, 0) is 37.1 Å². The van der Waals surface area contributed by atoms with Crippen molar-refractivity contribution in [2.45, 2.75) is 12.8 Å². The fourth-order valence-corrected chi connectivity index (χ4v) is 3.26. The molecule has 0 spiro atoms. The number of likely N-dealkylation sites (tertiary alicyclic amines) is 1. The van der Waals surface area contributed by atoms with Crippen LogP contribution in [0.5, 0.6) is 11.5 Å². The van der Waals surface area contributed by atoms with Crippen molar-refractivity contribution in [3.8, 4) is 11.5 Å². The normalized spacial score (nSPS) is 14.5. The number of benzene rings is 2. The number of halogens is 1. The second kappa shape index (κ2) is 8.73. The van der Waals surface area contributed by atoms with Crippen LogP contribution in [0.4, 0.5) is 10.1 Å². The number of para-hydroxylation sites is 1. The fraction of sp³-hybridized carbons (Fsp3) is 0.333. The standard InChI is InChI=1S/C21H23FN2O4/c1-27-16-11-15(12-17(13-16)28-2)21(26)24-9-7-14(8-10-24)20(25)23-19-6-4-3-5-18(19)22/h3-6,11-14H,7-10H2,1-2H3,(H,23,25). The minimum absolute atomic E-state index is 0.134. The number of hydrogen-bond acceptors (Lipinski definition) is 4. The first-order valence-electron chi connectivity index (χ1n) is 9.09. The molecule has 0 atom stereocenters. The molecule has 2 aromatic rings. The Morgan fingerprint density at radius 2 is 1.64 bits per heavy atom. The number of nitrogens with one attached hydrogen (secondary N) is 1. The lowest BCUT2D eigenvalue weighted by atomic mass is 9.95. The van der Waals surface area contributed by atoms with Crippen molar-refractivity contribution in [3.05, 3.63) is 53.8 Å². The summed E-state index contributed by atoms with van der Waals surface area (Å²) in [5.74, 6) is 0.00745. The van der Waals surface area contributed by atoms with Crippen LogP contribution in [0.25, 0.3) is 0 Å². The van der Waals surface area contributed by atoms with Crippen LogP contribution >= 0.6 is 0 Å². The van der Waals surface area contributed by atoms with E-state index < -0.39 is 5.82 Å². The maximum Gasteiger partial charge on any atom is 0.254 e. The van der Waals surface area contributed by atoms with Crippen molar-refractivity contribution in [1.82, 2.24) is 4.90 Å². The van der Waals surface area contributed by atoms with E-state index in [1.807, 2.05) is 0 Å². The maximum atomic E-state index is 13.7. The summed E-state index contributed by atoms with van der Waals surface area (Å²) in [5.41, 5.74) is 0.653. The lowest BCUT2D eigenvalue weighted by molar-refractivity contribution is -0.121. The van der Waals surface area contributed by atoms with E-state index >= 15 is 0 Å². The summed E-state index contributed by atoms with van der Waals surface area (Å²) in [7, 11) is 3.06. The monoisotopic (exact) mass is 386 g/mol. The number of piperidine rings is 1. The zero-order chi connectivity index (χ0) is 20.1. The van der Waals surface area contributed by atoms with E-state index in [9.17, 15) is 14.0 Å². The number of ether oxygens (including phenoxy) is 2. The molecule has 0 bridgehead atoms. The van der Waals surface area contributed by atoms with Crippen molar-refractivity contribution >= 4 is 17.5 Å². The highest BCUT2D eigenvalue weighted by atomic mass is 19.1. The Bertz CT molecular complexity index is 841. The van der Waals surface area contributed by atoms with E-state index in [-0.39, 0.29) is 23.4 Å². The molecule has 6 nitrogen and oxygen atoms in total. The highest BCUT2D eigenvalue weighted by Gasteiger charge is 2.28. The second-order valence-electron chi connectivity index (χ2n) is 6.64. The molecule has 3 rings (SSSR count). The van der Waals surface area contributed by atoms with E-state index in [0.717, 1.165) is 0 Å². The minimum atomic E-state index is -0.463. The molecule has 28 heavy (non-hydrogen) atoms. The van der Waals surface area contributed by atoms with Crippen LogP contribution in [0.3, 0.4) is 0 Å². The predicted octanol–water partition coefficient (Wildman–Crippen LogP) is 3.33. The quantitative estimate of drug-likeness (QED) is 0.856. The third kappa shape index (κ3) is 4.42. The summed E-state index contributed by atoms with van der Waals surface area (Å²) >= 11 is 0. The molecule has 148 valence electrons. The Balaban J connectivity index is 1.61. The van der Waals surface area contributed by atoms with Gasteiger partial charge in [-0.25, -0.2) is 4.39 Å². The van der Waals surface area contributed by atoms with Gasteiger partial charge in [-0.3, -0.25) is 9.59 Å². The van der Waals surface area contributed by atoms with Crippen molar-refractivity contribution in [2.24, 2.45) is 5.92 Å². The van der Waals surface area contributed by atoms with Crippen LogP contribution in [-0.2, 0) is 4.79 Å². The molecule has 1 aliphatic heterocycles. The highest BCUT2D eigenvalue weighted by Crippen LogP contribution is 2.26. The minimum Gasteiger partial charge on any atom is -0.497 e. The van der Waals surface area contributed by atoms with Gasteiger partial charge in [0, 0.05) is 30.6 Å². The number of hydrogen-bond donors (Lipinski definition) is 1. The van der Waals surface area contributed by atoms with Crippen LogP contribution < -0.4 is 14.8 Å². The molecule has 1 fully saturated rings. The Hall–Kier alpha value is -3.09. The molecule has 0 radical (unpaired) electrons. The van der Waals surface area contributed by atoms with Crippen LogP contribution in [0, 0.1) is 11.7 Å². The molecular weight excluding hydrogens is 363 g/mol. The molecular formula is C21H23FN2O4. The molecule has 1 heterocycles. The van der Waals surface area contributed by atoms with Gasteiger partial charge in [0.1, 0.15) is 17.3 Å². The zero-order valence-corrected chi connectivity index (χ0v) is 15.9. The molecule has 1 N–H and O–H groups in total. The lowest BCUT2D eigenvalue weighted by Crippen LogP contribution is -2.41. The largest absolute Gasteiger partial charge is 0.497 e. The Kier molecular flexibility index (Phi) is 6.13. The summed E-state index contributed by atoms with van der Waals surface area (Å²) in [6, 6.07) is 11.1. The van der Waals surface area contributed by atoms with Crippen LogP contribution in [-0.4, -0.2) is 44.0 Å². The van der Waals surface area contributed by atoms with Gasteiger partial charge in [0.25, 0.3) is 5.91 Å². The van der Waals surface area contributed by atoms with Crippen molar-refractivity contribution in [1.29, 1.82) is 0 Å². The summed E-state index contributed by atoms with van der Waals surface area (Å²) in [4.78, 5) is 26.9. The topological polar surface area (TPSA) is 67.9 Å². The first-order chi connectivity index (χ1) is 13.5. The number of carbonyl (C=O) groups excluding carboxylic acids is 2. The van der Waals surface area contributed by atoms with Crippen molar-refractivity contribution < 1.29 is 23.5 Å². The van der Waals surface area contributed by atoms with Crippen LogP contribution in [0.1, 0.15) is 23.2 Å². The van der Waals surface area contributed by atoms with Gasteiger partial charge in [0.05, 0.1) is 19.9 Å². The van der Waals surface area contributed by atoms with Crippen molar-refractivity contribution in [2.75, 3.05) is 32.6 Å². The molecule has 0 unspecified atom stereocenters. The van der Waals surface area contributed by atoms with Crippen molar-refractivity contribution in [3.63, 3.8) is 0 Å². The third-order valence-corrected chi connectivity index (χ3v) is 4.88. The number of amides is 2. The highest BCUT2D eigenvalue weighted by molar-refractivity contribution is 5.96. The molecule has 0 aliphatic carbocycles. The Morgan fingerprint density at radius 3 is 2.21 bits per heavy atom. The maximum absolute atomic E-state index is 13.7. The molecule has 7 heteroatoms. The smallest absolute Gasteiger partial charge is 0.254 e. The van der Waals surface area contributed by atoms with E-state index in [2.05, 4.69) is 5.32 Å². The number of rotatable bonds is 5. The first kappa shape index (κ1) is 19.7. The lowest BCUT2D eigenvalue weighted by Gasteiger charge is -2.31. The SMILES string of the molecule is COc1cc(OC)cc(C(=O)N2CCC(C(=O)Nc3ccccc3F)CC2)c1.